The van der Waals surface area contributed by atoms with Gasteiger partial charge in [-0.05, 0) is 28.3 Å². The molecule has 134 valence electrons. The van der Waals surface area contributed by atoms with Gasteiger partial charge in [0.1, 0.15) is 0 Å². The standard InChI is InChI=1S/C24H20S3/c1-3-10-16-22(25-18-12-6-1)21-15-9-5-8-14-20-27-24(21)23-17-11-4-2-7-13-19-26-23/h1-20H. The second kappa shape index (κ2) is 11.3. The normalized spacial score (nSPS) is 9.48. The van der Waals surface area contributed by atoms with Crippen LogP contribution in [0.1, 0.15) is 0 Å². The summed E-state index contributed by atoms with van der Waals surface area (Å²) in [7, 11) is 0. The molecular weight excluding hydrogens is 384 g/mol. The molecule has 3 rings (SSSR count). The Balaban J connectivity index is 2.35. The van der Waals surface area contributed by atoms with Gasteiger partial charge in [0.15, 0.2) is 0 Å². The number of rotatable bonds is 2. The first-order valence-corrected chi connectivity index (χ1v) is 11.2. The zero-order valence-corrected chi connectivity index (χ0v) is 17.2. The van der Waals surface area contributed by atoms with Crippen LogP contribution >= 0.6 is 34.0 Å². The van der Waals surface area contributed by atoms with Gasteiger partial charge in [-0.1, -0.05) is 91.0 Å². The van der Waals surface area contributed by atoms with Gasteiger partial charge in [-0.2, -0.15) is 0 Å². The SMILES string of the molecule is c1cccsc(-c2ccccccsc2-c2cccccccs2)ccc1. The molecule has 0 aliphatic heterocycles. The third-order valence-electron chi connectivity index (χ3n) is 3.53. The molecule has 0 saturated heterocycles. The first-order valence-electron chi connectivity index (χ1n) is 8.60. The van der Waals surface area contributed by atoms with E-state index in [-0.39, 0.29) is 0 Å². The van der Waals surface area contributed by atoms with E-state index in [0.29, 0.717) is 0 Å². The minimum Gasteiger partial charge on any atom is -0.144 e. The molecule has 0 N–H and O–H groups in total. The van der Waals surface area contributed by atoms with Crippen molar-refractivity contribution in [3.05, 3.63) is 119 Å². The van der Waals surface area contributed by atoms with Gasteiger partial charge in [0.2, 0.25) is 0 Å². The quantitative estimate of drug-likeness (QED) is 0.401. The van der Waals surface area contributed by atoms with Crippen LogP contribution in [0.15, 0.2) is 119 Å². The maximum Gasteiger partial charge on any atom is 0.0528 e. The van der Waals surface area contributed by atoms with Gasteiger partial charge in [-0.25, -0.2) is 0 Å². The van der Waals surface area contributed by atoms with Crippen molar-refractivity contribution in [1.29, 1.82) is 0 Å². The summed E-state index contributed by atoms with van der Waals surface area (Å²) in [5.41, 5.74) is 1.23. The van der Waals surface area contributed by atoms with E-state index in [9.17, 15) is 0 Å². The Kier molecular flexibility index (Phi) is 8.08. The zero-order chi connectivity index (χ0) is 18.6. The molecule has 0 saturated carbocycles. The van der Waals surface area contributed by atoms with Crippen LogP contribution in [0.3, 0.4) is 0 Å². The third kappa shape index (κ3) is 6.33. The highest BCUT2D eigenvalue weighted by atomic mass is 32.1. The lowest BCUT2D eigenvalue weighted by Gasteiger charge is -2.04. The van der Waals surface area contributed by atoms with Crippen molar-refractivity contribution in [2.24, 2.45) is 0 Å². The molecular formula is C24H20S3. The largest absolute Gasteiger partial charge is 0.144 e. The average molecular weight is 405 g/mol. The zero-order valence-electron chi connectivity index (χ0n) is 14.8. The van der Waals surface area contributed by atoms with Crippen molar-refractivity contribution in [2.45, 2.75) is 0 Å². The van der Waals surface area contributed by atoms with Crippen LogP contribution in [0, 0.1) is 0 Å². The van der Waals surface area contributed by atoms with Crippen LogP contribution in [-0.2, 0) is 0 Å². The van der Waals surface area contributed by atoms with Crippen LogP contribution in [-0.4, -0.2) is 0 Å². The fourth-order valence-corrected chi connectivity index (χ4v) is 4.91. The highest BCUT2D eigenvalue weighted by Crippen LogP contribution is 2.36. The Morgan fingerprint density at radius 1 is 0.370 bits per heavy atom. The fraction of sp³-hybridized carbons (Fsp3) is 0. The minimum atomic E-state index is 1.22. The number of hydrogen-bond donors (Lipinski definition) is 0. The lowest BCUT2D eigenvalue weighted by Crippen LogP contribution is -1.75. The van der Waals surface area contributed by atoms with Crippen molar-refractivity contribution in [3.8, 4) is 20.2 Å². The summed E-state index contributed by atoms with van der Waals surface area (Å²) in [5, 5.41) is 6.41. The third-order valence-corrected chi connectivity index (χ3v) is 6.41. The van der Waals surface area contributed by atoms with E-state index in [2.05, 4.69) is 101 Å². The van der Waals surface area contributed by atoms with Gasteiger partial charge in [0, 0.05) is 15.3 Å². The van der Waals surface area contributed by atoms with Crippen LogP contribution in [0.5, 0.6) is 0 Å². The van der Waals surface area contributed by atoms with Crippen molar-refractivity contribution < 1.29 is 0 Å². The van der Waals surface area contributed by atoms with Crippen molar-refractivity contribution in [1.82, 2.24) is 0 Å². The molecule has 0 radical (unpaired) electrons. The van der Waals surface area contributed by atoms with Gasteiger partial charge >= 0.3 is 0 Å². The smallest absolute Gasteiger partial charge is 0.0528 e. The van der Waals surface area contributed by atoms with Crippen LogP contribution in [0.4, 0.5) is 0 Å². The van der Waals surface area contributed by atoms with E-state index < -0.39 is 0 Å². The van der Waals surface area contributed by atoms with E-state index >= 15 is 0 Å². The maximum atomic E-state index is 2.21. The predicted molar refractivity (Wildman–Crippen MR) is 124 cm³/mol. The van der Waals surface area contributed by atoms with Crippen molar-refractivity contribution in [2.75, 3.05) is 0 Å². The van der Waals surface area contributed by atoms with Gasteiger partial charge in [0.05, 0.1) is 4.88 Å². The molecule has 0 atom stereocenters. The molecule has 0 aliphatic rings. The minimum absolute atomic E-state index is 1.22. The average Bonchev–Trinajstić information content (AvgIpc) is 2.97. The second-order valence-corrected chi connectivity index (χ2v) is 8.24. The molecule has 0 spiro atoms. The summed E-state index contributed by atoms with van der Waals surface area (Å²) >= 11 is 5.25. The summed E-state index contributed by atoms with van der Waals surface area (Å²) in [6, 6.07) is 35.6. The molecule has 0 bridgehead atoms. The molecule has 0 unspecified atom stereocenters. The van der Waals surface area contributed by atoms with Crippen molar-refractivity contribution >= 4 is 34.0 Å². The Labute approximate surface area is 173 Å². The Hall–Kier alpha value is -2.46. The van der Waals surface area contributed by atoms with Crippen LogP contribution < -0.4 is 0 Å². The molecule has 3 heterocycles. The molecule has 3 aromatic rings. The highest BCUT2D eigenvalue weighted by molar-refractivity contribution is 7.20. The Morgan fingerprint density at radius 3 is 1.48 bits per heavy atom. The molecule has 0 aliphatic carbocycles. The number of hydrogen-bond acceptors (Lipinski definition) is 3. The van der Waals surface area contributed by atoms with E-state index in [1.54, 1.807) is 34.0 Å². The van der Waals surface area contributed by atoms with Gasteiger partial charge in [-0.3, -0.25) is 0 Å². The van der Waals surface area contributed by atoms with Crippen LogP contribution in [0.2, 0.25) is 0 Å². The van der Waals surface area contributed by atoms with Gasteiger partial charge < -0.3 is 0 Å². The summed E-state index contributed by atoms with van der Waals surface area (Å²) < 4.78 is 0. The predicted octanol–water partition coefficient (Wildman–Crippen LogP) is 8.58. The van der Waals surface area contributed by atoms with E-state index in [1.807, 2.05) is 18.2 Å². The Morgan fingerprint density at radius 2 is 0.815 bits per heavy atom. The first kappa shape index (κ1) is 19.3. The molecule has 0 amide bonds. The fourth-order valence-electron chi connectivity index (χ4n) is 2.30. The molecule has 3 aromatic heterocycles. The summed E-state index contributed by atoms with van der Waals surface area (Å²) in [4.78, 5) is 3.70. The summed E-state index contributed by atoms with van der Waals surface area (Å²) in [5.74, 6) is 0. The first-order chi connectivity index (χ1) is 13.4. The lowest BCUT2D eigenvalue weighted by atomic mass is 10.2. The maximum absolute atomic E-state index is 2.21. The van der Waals surface area contributed by atoms with Gasteiger partial charge in [-0.15, -0.1) is 34.0 Å². The molecule has 0 nitrogen and oxygen atoms in total. The molecule has 0 fully saturated rings. The molecule has 27 heavy (non-hydrogen) atoms. The van der Waals surface area contributed by atoms with E-state index in [4.69, 9.17) is 0 Å². The second-order valence-electron chi connectivity index (χ2n) is 5.43. The highest BCUT2D eigenvalue weighted by Gasteiger charge is 2.06. The van der Waals surface area contributed by atoms with Crippen molar-refractivity contribution in [3.63, 3.8) is 0 Å². The van der Waals surface area contributed by atoms with E-state index in [1.165, 1.54) is 20.2 Å². The Bertz CT molecular complexity index is 878. The summed E-state index contributed by atoms with van der Waals surface area (Å²) in [6.45, 7) is 0. The van der Waals surface area contributed by atoms with E-state index in [0.717, 1.165) is 0 Å². The van der Waals surface area contributed by atoms with Gasteiger partial charge in [0.25, 0.3) is 0 Å². The lowest BCUT2D eigenvalue weighted by molar-refractivity contribution is 1.76. The molecule has 0 aromatic carbocycles. The summed E-state index contributed by atoms with van der Waals surface area (Å²) in [6.07, 6.45) is 0. The van der Waals surface area contributed by atoms with Crippen LogP contribution in [0.25, 0.3) is 20.2 Å². The topological polar surface area (TPSA) is 0 Å². The monoisotopic (exact) mass is 404 g/mol. The molecule has 3 heteroatoms.